The molecule has 1 unspecified atom stereocenters. The summed E-state index contributed by atoms with van der Waals surface area (Å²) in [5.74, 6) is 0. The van der Waals surface area contributed by atoms with E-state index in [9.17, 15) is 0 Å². The minimum absolute atomic E-state index is 0.0180. The molecule has 0 saturated heterocycles. The first kappa shape index (κ1) is 12.2. The van der Waals surface area contributed by atoms with Crippen LogP contribution in [0.3, 0.4) is 0 Å². The zero-order chi connectivity index (χ0) is 11.1. The predicted octanol–water partition coefficient (Wildman–Crippen LogP) is 0.828. The van der Waals surface area contributed by atoms with Crippen LogP contribution >= 0.6 is 0 Å². The van der Waals surface area contributed by atoms with Crippen LogP contribution in [0.1, 0.15) is 17.5 Å². The van der Waals surface area contributed by atoms with Gasteiger partial charge in [-0.1, -0.05) is 29.8 Å². The summed E-state index contributed by atoms with van der Waals surface area (Å²) in [7, 11) is 0. The van der Waals surface area contributed by atoms with Crippen molar-refractivity contribution in [1.29, 1.82) is 0 Å². The summed E-state index contributed by atoms with van der Waals surface area (Å²) in [6.45, 7) is 2.95. The maximum absolute atomic E-state index is 9.02. The molecule has 0 aliphatic carbocycles. The highest BCUT2D eigenvalue weighted by Gasteiger charge is 2.05. The number of hydrogen-bond donors (Lipinski definition) is 3. The molecule has 3 heteroatoms. The number of aliphatic hydroxyl groups excluding tert-OH is 2. The summed E-state index contributed by atoms with van der Waals surface area (Å²) >= 11 is 0. The van der Waals surface area contributed by atoms with Crippen molar-refractivity contribution in [3.63, 3.8) is 0 Å². The first-order valence-electron chi connectivity index (χ1n) is 5.27. The molecule has 15 heavy (non-hydrogen) atoms. The molecule has 0 bridgehead atoms. The largest absolute Gasteiger partial charge is 0.396 e. The van der Waals surface area contributed by atoms with Crippen LogP contribution in [0.2, 0.25) is 0 Å². The lowest BCUT2D eigenvalue weighted by molar-refractivity contribution is 0.200. The first-order chi connectivity index (χ1) is 7.26. The predicted molar refractivity (Wildman–Crippen MR) is 60.6 cm³/mol. The Kier molecular flexibility index (Phi) is 5.32. The van der Waals surface area contributed by atoms with E-state index in [-0.39, 0.29) is 19.3 Å². The first-order valence-corrected chi connectivity index (χ1v) is 5.27. The highest BCUT2D eigenvalue weighted by atomic mass is 16.3. The van der Waals surface area contributed by atoms with Crippen molar-refractivity contribution in [3.05, 3.63) is 35.4 Å². The van der Waals surface area contributed by atoms with Crippen LogP contribution in [0.5, 0.6) is 0 Å². The molecule has 1 atom stereocenters. The fraction of sp³-hybridized carbons (Fsp3) is 0.500. The Morgan fingerprint density at radius 1 is 1.33 bits per heavy atom. The normalized spacial score (nSPS) is 12.7. The second kappa shape index (κ2) is 6.56. The van der Waals surface area contributed by atoms with Crippen LogP contribution in [0.4, 0.5) is 0 Å². The second-order valence-corrected chi connectivity index (χ2v) is 3.76. The van der Waals surface area contributed by atoms with Crippen molar-refractivity contribution in [2.24, 2.45) is 0 Å². The molecule has 0 saturated carbocycles. The fourth-order valence-electron chi connectivity index (χ4n) is 1.50. The molecule has 0 radical (unpaired) electrons. The van der Waals surface area contributed by atoms with Crippen LogP contribution in [-0.2, 0) is 6.54 Å². The van der Waals surface area contributed by atoms with E-state index in [0.717, 1.165) is 6.54 Å². The highest BCUT2D eigenvalue weighted by molar-refractivity contribution is 5.21. The molecule has 1 aromatic carbocycles. The van der Waals surface area contributed by atoms with Crippen molar-refractivity contribution in [2.45, 2.75) is 25.9 Å². The minimum atomic E-state index is -0.0180. The van der Waals surface area contributed by atoms with E-state index in [1.807, 2.05) is 12.1 Å². The Balaban J connectivity index is 2.41. The third-order valence-electron chi connectivity index (χ3n) is 2.38. The van der Waals surface area contributed by atoms with Crippen LogP contribution in [-0.4, -0.2) is 29.5 Å². The van der Waals surface area contributed by atoms with Gasteiger partial charge in [-0.3, -0.25) is 0 Å². The summed E-state index contributed by atoms with van der Waals surface area (Å²) in [5, 5.41) is 21.0. The lowest BCUT2D eigenvalue weighted by atomic mass is 10.1. The molecule has 0 amide bonds. The molecule has 1 rings (SSSR count). The molecule has 0 spiro atoms. The maximum atomic E-state index is 9.02. The average molecular weight is 209 g/mol. The van der Waals surface area contributed by atoms with Crippen molar-refractivity contribution >= 4 is 0 Å². The van der Waals surface area contributed by atoms with Gasteiger partial charge in [0, 0.05) is 19.2 Å². The quantitative estimate of drug-likeness (QED) is 0.650. The summed E-state index contributed by atoms with van der Waals surface area (Å²) in [5.41, 5.74) is 2.43. The van der Waals surface area contributed by atoms with Gasteiger partial charge in [-0.2, -0.15) is 0 Å². The minimum Gasteiger partial charge on any atom is -0.396 e. The third kappa shape index (κ3) is 4.42. The Morgan fingerprint density at radius 2 is 2.13 bits per heavy atom. The number of rotatable bonds is 6. The van der Waals surface area contributed by atoms with E-state index >= 15 is 0 Å². The smallest absolute Gasteiger partial charge is 0.0585 e. The molecule has 0 heterocycles. The number of aryl methyl sites for hydroxylation is 1. The lowest BCUT2D eigenvalue weighted by Gasteiger charge is -2.14. The van der Waals surface area contributed by atoms with Crippen LogP contribution in [0.15, 0.2) is 24.3 Å². The molecule has 3 nitrogen and oxygen atoms in total. The number of hydrogen-bond acceptors (Lipinski definition) is 3. The summed E-state index contributed by atoms with van der Waals surface area (Å²) in [6.07, 6.45) is 0.586. The average Bonchev–Trinajstić information content (AvgIpc) is 2.24. The molecule has 0 aliphatic rings. The monoisotopic (exact) mass is 209 g/mol. The molecule has 84 valence electrons. The van der Waals surface area contributed by atoms with Gasteiger partial charge in [-0.05, 0) is 18.9 Å². The third-order valence-corrected chi connectivity index (χ3v) is 2.38. The summed E-state index contributed by atoms with van der Waals surface area (Å²) in [6, 6.07) is 8.22. The van der Waals surface area contributed by atoms with E-state index in [1.54, 1.807) is 0 Å². The fourth-order valence-corrected chi connectivity index (χ4v) is 1.50. The highest BCUT2D eigenvalue weighted by Crippen LogP contribution is 2.04. The standard InChI is InChI=1S/C12H19NO2/c1-10-3-2-4-11(7-10)8-13-12(9-15)5-6-14/h2-4,7,12-15H,5-6,8-9H2,1H3. The maximum Gasteiger partial charge on any atom is 0.0585 e. The van der Waals surface area contributed by atoms with Gasteiger partial charge in [0.2, 0.25) is 0 Å². The van der Waals surface area contributed by atoms with E-state index < -0.39 is 0 Å². The van der Waals surface area contributed by atoms with E-state index in [0.29, 0.717) is 6.42 Å². The van der Waals surface area contributed by atoms with Gasteiger partial charge in [0.05, 0.1) is 6.61 Å². The Labute approximate surface area is 90.8 Å². The number of nitrogens with one attached hydrogen (secondary N) is 1. The van der Waals surface area contributed by atoms with Crippen LogP contribution in [0.25, 0.3) is 0 Å². The van der Waals surface area contributed by atoms with E-state index in [1.165, 1.54) is 11.1 Å². The van der Waals surface area contributed by atoms with Gasteiger partial charge in [-0.15, -0.1) is 0 Å². The SMILES string of the molecule is Cc1cccc(CNC(CO)CCO)c1. The lowest BCUT2D eigenvalue weighted by Crippen LogP contribution is -2.32. The molecular formula is C12H19NO2. The van der Waals surface area contributed by atoms with Crippen molar-refractivity contribution in [1.82, 2.24) is 5.32 Å². The van der Waals surface area contributed by atoms with Crippen LogP contribution in [0, 0.1) is 6.92 Å². The van der Waals surface area contributed by atoms with Gasteiger partial charge in [0.25, 0.3) is 0 Å². The molecule has 0 aliphatic heterocycles. The van der Waals surface area contributed by atoms with Gasteiger partial charge in [0.15, 0.2) is 0 Å². The summed E-state index contributed by atoms with van der Waals surface area (Å²) in [4.78, 5) is 0. The molecule has 3 N–H and O–H groups in total. The van der Waals surface area contributed by atoms with E-state index in [4.69, 9.17) is 10.2 Å². The van der Waals surface area contributed by atoms with Gasteiger partial charge >= 0.3 is 0 Å². The van der Waals surface area contributed by atoms with Crippen LogP contribution < -0.4 is 5.32 Å². The van der Waals surface area contributed by atoms with Crippen molar-refractivity contribution < 1.29 is 10.2 Å². The Hall–Kier alpha value is -0.900. The molecule has 0 aromatic heterocycles. The topological polar surface area (TPSA) is 52.5 Å². The van der Waals surface area contributed by atoms with Gasteiger partial charge in [-0.25, -0.2) is 0 Å². The Morgan fingerprint density at radius 3 is 2.73 bits per heavy atom. The second-order valence-electron chi connectivity index (χ2n) is 3.76. The van der Waals surface area contributed by atoms with Crippen molar-refractivity contribution in [3.8, 4) is 0 Å². The number of benzene rings is 1. The zero-order valence-electron chi connectivity index (χ0n) is 9.11. The van der Waals surface area contributed by atoms with E-state index in [2.05, 4.69) is 24.4 Å². The number of aliphatic hydroxyl groups is 2. The molecule has 1 aromatic rings. The molecule has 0 fully saturated rings. The van der Waals surface area contributed by atoms with Crippen molar-refractivity contribution in [2.75, 3.05) is 13.2 Å². The summed E-state index contributed by atoms with van der Waals surface area (Å²) < 4.78 is 0. The molecular weight excluding hydrogens is 190 g/mol. The Bertz CT molecular complexity index is 289. The zero-order valence-corrected chi connectivity index (χ0v) is 9.11. The van der Waals surface area contributed by atoms with Gasteiger partial charge in [0.1, 0.15) is 0 Å². The van der Waals surface area contributed by atoms with Gasteiger partial charge < -0.3 is 15.5 Å².